The van der Waals surface area contributed by atoms with Gasteiger partial charge in [0.25, 0.3) is 0 Å². The molecule has 0 heterocycles. The van der Waals surface area contributed by atoms with Gasteiger partial charge in [-0.15, -0.1) is 0 Å². The zero-order valence-electron chi connectivity index (χ0n) is 13.3. The minimum absolute atomic E-state index is 0.0224. The van der Waals surface area contributed by atoms with Gasteiger partial charge < -0.3 is 24.5 Å². The molecule has 0 aliphatic carbocycles. The van der Waals surface area contributed by atoms with E-state index in [-0.39, 0.29) is 26.4 Å². The Bertz CT molecular complexity index is 252. The second kappa shape index (κ2) is 11.6. The standard InChI is InChI=1S/C12H29NO7P/c1-13(2,3)5-6-18-20-21(4)19-10-12(16)9-17-8-11(15)7-14/h11-12,14-16H,5-10H2,1-4H3/q+1/p+1. The summed E-state index contributed by atoms with van der Waals surface area (Å²) in [6.07, 6.45) is -1.74. The van der Waals surface area contributed by atoms with Crippen LogP contribution in [0.15, 0.2) is 0 Å². The average molecular weight is 331 g/mol. The van der Waals surface area contributed by atoms with E-state index in [4.69, 9.17) is 29.0 Å². The fraction of sp³-hybridized carbons (Fsp3) is 1.00. The zero-order chi connectivity index (χ0) is 16.3. The highest BCUT2D eigenvalue weighted by atomic mass is 31.2. The maximum Gasteiger partial charge on any atom is 0.301 e. The molecule has 3 unspecified atom stereocenters. The largest absolute Gasteiger partial charge is 0.394 e. The van der Waals surface area contributed by atoms with E-state index in [0.717, 1.165) is 11.0 Å². The van der Waals surface area contributed by atoms with E-state index in [1.165, 1.54) is 0 Å². The number of hydrogen-bond acceptors (Lipinski definition) is 7. The molecule has 0 bridgehead atoms. The fourth-order valence-electron chi connectivity index (χ4n) is 1.11. The SMILES string of the molecule is C[PH+](OCC(O)COCC(O)CO)OOCC[N+](C)(C)C. The van der Waals surface area contributed by atoms with Crippen LogP contribution in [0, 0.1) is 0 Å². The van der Waals surface area contributed by atoms with E-state index in [1.54, 1.807) is 6.66 Å². The number of quaternary nitrogens is 1. The predicted molar refractivity (Wildman–Crippen MR) is 80.0 cm³/mol. The molecule has 0 aromatic carbocycles. The third-order valence-electron chi connectivity index (χ3n) is 2.33. The van der Waals surface area contributed by atoms with E-state index in [1.807, 2.05) is 0 Å². The molecule has 8 nitrogen and oxygen atoms in total. The van der Waals surface area contributed by atoms with Crippen LogP contribution in [0.1, 0.15) is 0 Å². The van der Waals surface area contributed by atoms with Crippen LogP contribution in [0.4, 0.5) is 0 Å². The van der Waals surface area contributed by atoms with E-state index < -0.39 is 20.6 Å². The van der Waals surface area contributed by atoms with Crippen molar-refractivity contribution in [3.05, 3.63) is 0 Å². The van der Waals surface area contributed by atoms with Gasteiger partial charge in [0.2, 0.25) is 0 Å². The minimum Gasteiger partial charge on any atom is -0.394 e. The molecule has 0 aliphatic heterocycles. The summed E-state index contributed by atoms with van der Waals surface area (Å²) in [6.45, 7) is 2.75. The van der Waals surface area contributed by atoms with Crippen molar-refractivity contribution in [1.82, 2.24) is 0 Å². The maximum absolute atomic E-state index is 9.59. The van der Waals surface area contributed by atoms with Crippen LogP contribution in [0.25, 0.3) is 0 Å². The van der Waals surface area contributed by atoms with Crippen LogP contribution in [0.2, 0.25) is 0 Å². The molecule has 3 N–H and O–H groups in total. The first-order chi connectivity index (χ1) is 9.74. The molecule has 0 amide bonds. The molecule has 0 rings (SSSR count). The van der Waals surface area contributed by atoms with Gasteiger partial charge in [0, 0.05) is 0 Å². The summed E-state index contributed by atoms with van der Waals surface area (Å²) < 4.78 is 16.2. The predicted octanol–water partition coefficient (Wildman–Crippen LogP) is -0.938. The lowest BCUT2D eigenvalue weighted by Crippen LogP contribution is -2.37. The van der Waals surface area contributed by atoms with Gasteiger partial charge in [0.05, 0.1) is 41.0 Å². The Labute approximate surface area is 127 Å². The van der Waals surface area contributed by atoms with E-state index in [2.05, 4.69) is 21.1 Å². The molecule has 0 saturated heterocycles. The molecule has 0 aromatic heterocycles. The molecule has 0 aliphatic rings. The Balaban J connectivity index is 3.52. The van der Waals surface area contributed by atoms with Gasteiger partial charge in [-0.2, -0.15) is 4.89 Å². The van der Waals surface area contributed by atoms with Crippen molar-refractivity contribution in [2.24, 2.45) is 0 Å². The van der Waals surface area contributed by atoms with Gasteiger partial charge >= 0.3 is 8.38 Å². The summed E-state index contributed by atoms with van der Waals surface area (Å²) in [5.41, 5.74) is 0. The monoisotopic (exact) mass is 331 g/mol. The van der Waals surface area contributed by atoms with Gasteiger partial charge in [0.15, 0.2) is 0 Å². The number of hydrogen-bond donors (Lipinski definition) is 3. The van der Waals surface area contributed by atoms with E-state index in [9.17, 15) is 5.11 Å². The van der Waals surface area contributed by atoms with Crippen LogP contribution in [0.3, 0.4) is 0 Å². The molecule has 0 aromatic rings. The lowest BCUT2D eigenvalue weighted by molar-refractivity contribution is -0.871. The summed E-state index contributed by atoms with van der Waals surface area (Å²) in [6, 6.07) is 0. The number of likely N-dealkylation sites (N-methyl/N-ethyl adjacent to an activating group) is 1. The minimum atomic E-state index is -1.58. The topological polar surface area (TPSA) is 97.6 Å². The molecule has 0 radical (unpaired) electrons. The van der Waals surface area contributed by atoms with E-state index >= 15 is 0 Å². The quantitative estimate of drug-likeness (QED) is 0.132. The normalized spacial score (nSPS) is 16.7. The summed E-state index contributed by atoms with van der Waals surface area (Å²) in [5.74, 6) is 0. The molecular formula is C12H30NO7P+2. The molecule has 128 valence electrons. The number of aliphatic hydroxyl groups excluding tert-OH is 3. The first-order valence-corrected chi connectivity index (χ1v) is 8.67. The van der Waals surface area contributed by atoms with E-state index in [0.29, 0.717) is 6.61 Å². The Morgan fingerprint density at radius 2 is 1.67 bits per heavy atom. The van der Waals surface area contributed by atoms with Crippen molar-refractivity contribution in [1.29, 1.82) is 0 Å². The third kappa shape index (κ3) is 14.8. The second-order valence-electron chi connectivity index (χ2n) is 5.75. The Morgan fingerprint density at radius 3 is 2.24 bits per heavy atom. The highest BCUT2D eigenvalue weighted by molar-refractivity contribution is 7.46. The number of ether oxygens (including phenoxy) is 1. The van der Waals surface area contributed by atoms with Crippen molar-refractivity contribution < 1.29 is 38.6 Å². The number of aliphatic hydroxyl groups is 3. The molecule has 0 fully saturated rings. The van der Waals surface area contributed by atoms with Gasteiger partial charge in [-0.1, -0.05) is 4.67 Å². The second-order valence-corrected chi connectivity index (χ2v) is 7.19. The number of rotatable bonds is 13. The van der Waals surface area contributed by atoms with Crippen molar-refractivity contribution in [3.63, 3.8) is 0 Å². The van der Waals surface area contributed by atoms with Crippen LogP contribution in [-0.2, 0) is 18.8 Å². The van der Waals surface area contributed by atoms with Crippen molar-refractivity contribution in [2.75, 3.05) is 67.4 Å². The first kappa shape index (κ1) is 21.1. The highest BCUT2D eigenvalue weighted by Gasteiger charge is 2.17. The van der Waals surface area contributed by atoms with Gasteiger partial charge in [-0.05, 0) is 0 Å². The van der Waals surface area contributed by atoms with Gasteiger partial charge in [-0.3, -0.25) is 0 Å². The molecular weight excluding hydrogens is 301 g/mol. The van der Waals surface area contributed by atoms with Crippen molar-refractivity contribution in [2.45, 2.75) is 12.2 Å². The Hall–Kier alpha value is 0.110. The molecule has 3 atom stereocenters. The van der Waals surface area contributed by atoms with Crippen LogP contribution in [0.5, 0.6) is 0 Å². The molecule has 9 heteroatoms. The summed E-state index contributed by atoms with van der Waals surface area (Å²) in [4.78, 5) is 5.06. The Morgan fingerprint density at radius 1 is 1.05 bits per heavy atom. The van der Waals surface area contributed by atoms with Crippen LogP contribution >= 0.6 is 8.38 Å². The summed E-state index contributed by atoms with van der Waals surface area (Å²) >= 11 is 0. The van der Waals surface area contributed by atoms with Crippen molar-refractivity contribution in [3.8, 4) is 0 Å². The summed E-state index contributed by atoms with van der Waals surface area (Å²) in [7, 11) is 4.59. The molecule has 0 saturated carbocycles. The Kier molecular flexibility index (Phi) is 11.7. The lowest BCUT2D eigenvalue weighted by atomic mass is 10.4. The smallest absolute Gasteiger partial charge is 0.301 e. The average Bonchev–Trinajstić information content (AvgIpc) is 2.40. The highest BCUT2D eigenvalue weighted by Crippen LogP contribution is 2.33. The van der Waals surface area contributed by atoms with Crippen LogP contribution in [-0.4, -0.2) is 99.4 Å². The van der Waals surface area contributed by atoms with Gasteiger partial charge in [-0.25, -0.2) is 4.52 Å². The lowest BCUT2D eigenvalue weighted by Gasteiger charge is -2.22. The molecule has 0 spiro atoms. The van der Waals surface area contributed by atoms with Crippen LogP contribution < -0.4 is 0 Å². The summed E-state index contributed by atoms with van der Waals surface area (Å²) in [5, 5.41) is 27.2. The zero-order valence-corrected chi connectivity index (χ0v) is 14.3. The van der Waals surface area contributed by atoms with Crippen molar-refractivity contribution >= 4 is 8.38 Å². The third-order valence-corrected chi connectivity index (χ3v) is 3.26. The number of nitrogens with zero attached hydrogens (tertiary/aromatic N) is 1. The maximum atomic E-state index is 9.59. The van der Waals surface area contributed by atoms with Gasteiger partial charge in [0.1, 0.15) is 38.6 Å². The first-order valence-electron chi connectivity index (χ1n) is 6.85. The fourth-order valence-corrected chi connectivity index (χ4v) is 1.84. The molecule has 21 heavy (non-hydrogen) atoms.